The third-order valence-electron chi connectivity index (χ3n) is 4.49. The molecule has 0 aliphatic carbocycles. The van der Waals surface area contributed by atoms with E-state index in [1.54, 1.807) is 0 Å². The van der Waals surface area contributed by atoms with Gasteiger partial charge in [-0.2, -0.15) is 0 Å². The average molecular weight is 328 g/mol. The molecule has 1 unspecified atom stereocenters. The highest BCUT2D eigenvalue weighted by Crippen LogP contribution is 2.21. The van der Waals surface area contributed by atoms with Crippen LogP contribution in [0, 0.1) is 0 Å². The first kappa shape index (κ1) is 16.5. The van der Waals surface area contributed by atoms with Crippen LogP contribution in [0.25, 0.3) is 11.0 Å². The summed E-state index contributed by atoms with van der Waals surface area (Å²) in [5.74, 6) is 0.731. The molecule has 3 rings (SSSR count). The lowest BCUT2D eigenvalue weighted by Crippen LogP contribution is -2.38. The van der Waals surface area contributed by atoms with Crippen LogP contribution in [0.4, 0.5) is 0 Å². The van der Waals surface area contributed by atoms with Gasteiger partial charge in [0.15, 0.2) is 0 Å². The van der Waals surface area contributed by atoms with E-state index in [9.17, 15) is 9.59 Å². The minimum atomic E-state index is -0.246. The Hall–Kier alpha value is -2.37. The van der Waals surface area contributed by atoms with Crippen molar-refractivity contribution in [1.82, 2.24) is 19.8 Å². The molecular weight excluding hydrogens is 304 g/mol. The van der Waals surface area contributed by atoms with Gasteiger partial charge in [0.1, 0.15) is 12.4 Å². The van der Waals surface area contributed by atoms with Gasteiger partial charge >= 0.3 is 0 Å². The first-order valence-corrected chi connectivity index (χ1v) is 8.56. The van der Waals surface area contributed by atoms with Gasteiger partial charge in [0.2, 0.25) is 11.8 Å². The van der Waals surface area contributed by atoms with Gasteiger partial charge in [-0.25, -0.2) is 4.98 Å². The average Bonchev–Trinajstić information content (AvgIpc) is 2.94. The van der Waals surface area contributed by atoms with Crippen molar-refractivity contribution < 1.29 is 9.59 Å². The molecule has 1 fully saturated rings. The van der Waals surface area contributed by atoms with Crippen molar-refractivity contribution in [3.63, 3.8) is 0 Å². The molecule has 1 aliphatic heterocycles. The third-order valence-corrected chi connectivity index (χ3v) is 4.49. The number of piperidine rings is 1. The molecule has 6 nitrogen and oxygen atoms in total. The highest BCUT2D eigenvalue weighted by Gasteiger charge is 2.22. The molecule has 2 aromatic rings. The molecule has 128 valence electrons. The summed E-state index contributed by atoms with van der Waals surface area (Å²) in [4.78, 5) is 30.7. The second-order valence-electron chi connectivity index (χ2n) is 6.41. The minimum Gasteiger partial charge on any atom is -0.347 e. The molecule has 24 heavy (non-hydrogen) atoms. The quantitative estimate of drug-likeness (QED) is 0.936. The van der Waals surface area contributed by atoms with E-state index < -0.39 is 0 Å². The number of hydrogen-bond donors (Lipinski definition) is 1. The van der Waals surface area contributed by atoms with E-state index in [0.717, 1.165) is 42.8 Å². The molecule has 1 atom stereocenters. The largest absolute Gasteiger partial charge is 0.347 e. The van der Waals surface area contributed by atoms with Gasteiger partial charge < -0.3 is 14.8 Å². The molecule has 0 radical (unpaired) electrons. The van der Waals surface area contributed by atoms with Gasteiger partial charge in [0.25, 0.3) is 0 Å². The van der Waals surface area contributed by atoms with Crippen molar-refractivity contribution in [1.29, 1.82) is 0 Å². The van der Waals surface area contributed by atoms with Crippen molar-refractivity contribution in [2.75, 3.05) is 13.1 Å². The number of carbonyl (C=O) groups excluding carboxylic acids is 2. The maximum atomic E-state index is 12.7. The second kappa shape index (κ2) is 7.03. The Balaban J connectivity index is 1.91. The summed E-state index contributed by atoms with van der Waals surface area (Å²) in [6, 6.07) is 7.53. The van der Waals surface area contributed by atoms with Gasteiger partial charge in [0.05, 0.1) is 17.1 Å². The van der Waals surface area contributed by atoms with Crippen molar-refractivity contribution in [2.24, 2.45) is 0 Å². The predicted molar refractivity (Wildman–Crippen MR) is 92.4 cm³/mol. The molecule has 2 amide bonds. The van der Waals surface area contributed by atoms with Gasteiger partial charge in [-0.1, -0.05) is 12.1 Å². The lowest BCUT2D eigenvalue weighted by molar-refractivity contribution is -0.132. The number of rotatable bonds is 4. The number of hydrogen-bond acceptors (Lipinski definition) is 3. The fraction of sp³-hybridized carbons (Fsp3) is 0.500. The number of fused-ring (bicyclic) bond motifs is 1. The van der Waals surface area contributed by atoms with Gasteiger partial charge in [-0.15, -0.1) is 0 Å². The smallest absolute Gasteiger partial charge is 0.242 e. The van der Waals surface area contributed by atoms with Crippen LogP contribution >= 0.6 is 0 Å². The van der Waals surface area contributed by atoms with E-state index in [-0.39, 0.29) is 24.4 Å². The van der Waals surface area contributed by atoms with Crippen molar-refractivity contribution in [2.45, 2.75) is 45.7 Å². The summed E-state index contributed by atoms with van der Waals surface area (Å²) < 4.78 is 1.94. The predicted octanol–water partition coefficient (Wildman–Crippen LogP) is 2.25. The molecular formula is C18H24N4O2. The normalized spacial score (nSPS) is 16.2. The van der Waals surface area contributed by atoms with Crippen LogP contribution in [0.1, 0.15) is 45.0 Å². The molecule has 1 aromatic heterocycles. The number of imidazole rings is 1. The van der Waals surface area contributed by atoms with E-state index >= 15 is 0 Å². The third kappa shape index (κ3) is 3.42. The number of benzene rings is 1. The monoisotopic (exact) mass is 328 g/mol. The van der Waals surface area contributed by atoms with E-state index in [0.29, 0.717) is 0 Å². The topological polar surface area (TPSA) is 67.2 Å². The van der Waals surface area contributed by atoms with E-state index in [1.165, 1.54) is 13.3 Å². The minimum absolute atomic E-state index is 0.108. The SMILES string of the molecule is CC(=O)NC(C)c1nc2ccccc2n1CC(=O)N1CCCCC1. The number of para-hydroxylation sites is 2. The summed E-state index contributed by atoms with van der Waals surface area (Å²) >= 11 is 0. The van der Waals surface area contributed by atoms with Crippen molar-refractivity contribution >= 4 is 22.8 Å². The second-order valence-corrected chi connectivity index (χ2v) is 6.41. The van der Waals surface area contributed by atoms with Crippen molar-refractivity contribution in [3.05, 3.63) is 30.1 Å². The summed E-state index contributed by atoms with van der Waals surface area (Å²) in [7, 11) is 0. The van der Waals surface area contributed by atoms with Gasteiger partial charge in [-0.3, -0.25) is 9.59 Å². The Morgan fingerprint density at radius 2 is 1.92 bits per heavy atom. The number of carbonyl (C=O) groups is 2. The van der Waals surface area contributed by atoms with Crippen LogP contribution in [0.2, 0.25) is 0 Å². The Morgan fingerprint density at radius 1 is 1.21 bits per heavy atom. The first-order valence-electron chi connectivity index (χ1n) is 8.56. The van der Waals surface area contributed by atoms with Crippen LogP contribution in [0.5, 0.6) is 0 Å². The van der Waals surface area contributed by atoms with E-state index in [1.807, 2.05) is 40.7 Å². The molecule has 1 N–H and O–H groups in total. The Kier molecular flexibility index (Phi) is 4.83. The highest BCUT2D eigenvalue weighted by atomic mass is 16.2. The molecule has 1 aromatic carbocycles. The Labute approximate surface area is 141 Å². The number of amides is 2. The molecule has 0 saturated carbocycles. The van der Waals surface area contributed by atoms with Crippen molar-refractivity contribution in [3.8, 4) is 0 Å². The fourth-order valence-electron chi connectivity index (χ4n) is 3.34. The lowest BCUT2D eigenvalue weighted by atomic mass is 10.1. The Morgan fingerprint density at radius 3 is 2.62 bits per heavy atom. The molecule has 2 heterocycles. The lowest BCUT2D eigenvalue weighted by Gasteiger charge is -2.27. The van der Waals surface area contributed by atoms with Crippen LogP contribution in [-0.2, 0) is 16.1 Å². The molecule has 6 heteroatoms. The number of nitrogens with zero attached hydrogens (tertiary/aromatic N) is 3. The molecule has 1 saturated heterocycles. The number of aromatic nitrogens is 2. The van der Waals surface area contributed by atoms with Crippen LogP contribution in [-0.4, -0.2) is 39.4 Å². The van der Waals surface area contributed by atoms with Crippen LogP contribution in [0.15, 0.2) is 24.3 Å². The van der Waals surface area contributed by atoms with Gasteiger partial charge in [-0.05, 0) is 38.3 Å². The zero-order valence-corrected chi connectivity index (χ0v) is 14.3. The summed E-state index contributed by atoms with van der Waals surface area (Å²) in [6.07, 6.45) is 3.35. The van der Waals surface area contributed by atoms with Gasteiger partial charge in [0, 0.05) is 20.0 Å². The summed E-state index contributed by atoms with van der Waals surface area (Å²) in [5.41, 5.74) is 1.77. The standard InChI is InChI=1S/C18H24N4O2/c1-13(19-14(2)23)18-20-15-8-4-5-9-16(15)22(18)12-17(24)21-10-6-3-7-11-21/h4-5,8-9,13H,3,6-7,10-12H2,1-2H3,(H,19,23). The first-order chi connectivity index (χ1) is 11.6. The maximum Gasteiger partial charge on any atom is 0.242 e. The molecule has 1 aliphatic rings. The maximum absolute atomic E-state index is 12.7. The van der Waals surface area contributed by atoms with Crippen LogP contribution < -0.4 is 5.32 Å². The number of likely N-dealkylation sites (tertiary alicyclic amines) is 1. The summed E-state index contributed by atoms with van der Waals surface area (Å²) in [6.45, 7) is 5.32. The Bertz CT molecular complexity index is 747. The molecule has 0 bridgehead atoms. The zero-order chi connectivity index (χ0) is 17.1. The van der Waals surface area contributed by atoms with Crippen LogP contribution in [0.3, 0.4) is 0 Å². The van der Waals surface area contributed by atoms with E-state index in [2.05, 4.69) is 10.3 Å². The number of nitrogens with one attached hydrogen (secondary N) is 1. The van der Waals surface area contributed by atoms with E-state index in [4.69, 9.17) is 0 Å². The fourth-order valence-corrected chi connectivity index (χ4v) is 3.34. The molecule has 0 spiro atoms. The highest BCUT2D eigenvalue weighted by molar-refractivity contribution is 5.81. The summed E-state index contributed by atoms with van der Waals surface area (Å²) in [5, 5.41) is 2.87. The zero-order valence-electron chi connectivity index (χ0n) is 14.3.